The maximum Gasteiger partial charge on any atom is 2.00 e. The van der Waals surface area contributed by atoms with Crippen LogP contribution in [0.2, 0.25) is 0 Å². The Kier molecular flexibility index (Phi) is 8.12. The van der Waals surface area contributed by atoms with Gasteiger partial charge in [-0.2, -0.15) is 0 Å². The fraction of sp³-hybridized carbons (Fsp3) is 0.286. The fourth-order valence-corrected chi connectivity index (χ4v) is 1.94. The average molecular weight is 530 g/mol. The van der Waals surface area contributed by atoms with E-state index in [1.54, 1.807) is 0 Å². The number of hydrogen-bond acceptors (Lipinski definition) is 0. The van der Waals surface area contributed by atoms with Crippen molar-refractivity contribution in [2.75, 3.05) is 0 Å². The molecule has 0 amide bonds. The zero-order valence-electron chi connectivity index (χ0n) is 14.6. The van der Waals surface area contributed by atoms with Gasteiger partial charge in [-0.3, -0.25) is 0 Å². The second kappa shape index (κ2) is 7.74. The summed E-state index contributed by atoms with van der Waals surface area (Å²) in [5, 5.41) is 0. The van der Waals surface area contributed by atoms with Gasteiger partial charge < -0.3 is 0 Å². The van der Waals surface area contributed by atoms with Crippen LogP contribution >= 0.6 is 15.6 Å². The Labute approximate surface area is 169 Å². The third kappa shape index (κ3) is 27.2. The SMILES string of the molecule is CC(C)c1ccccc1C1=CC=CC1.F[P-](F)(F)(F)(F)F.F[P-](F)(F)(F)(F)F.[Fe+2]. The van der Waals surface area contributed by atoms with E-state index >= 15 is 0 Å². The molecule has 0 atom stereocenters. The van der Waals surface area contributed by atoms with E-state index in [1.165, 1.54) is 16.7 Å². The molecule has 0 aliphatic heterocycles. The van der Waals surface area contributed by atoms with Crippen LogP contribution in [0.15, 0.2) is 42.5 Å². The molecule has 0 bridgehead atoms. The molecule has 29 heavy (non-hydrogen) atoms. The van der Waals surface area contributed by atoms with Gasteiger partial charge >= 0.3 is 83.0 Å². The van der Waals surface area contributed by atoms with E-state index in [2.05, 4.69) is 56.3 Å². The van der Waals surface area contributed by atoms with Crippen molar-refractivity contribution in [3.8, 4) is 0 Å². The van der Waals surface area contributed by atoms with Crippen LogP contribution in [0.3, 0.4) is 0 Å². The number of benzene rings is 1. The first-order chi connectivity index (χ1) is 11.7. The van der Waals surface area contributed by atoms with Gasteiger partial charge in [0, 0.05) is 0 Å². The maximum absolute atomic E-state index is 10.7. The van der Waals surface area contributed by atoms with E-state index < -0.39 is 15.6 Å². The summed E-state index contributed by atoms with van der Waals surface area (Å²) in [4.78, 5) is 0. The Morgan fingerprint density at radius 3 is 1.41 bits per heavy atom. The van der Waals surface area contributed by atoms with Gasteiger partial charge in [-0.05, 0) is 29.0 Å². The van der Waals surface area contributed by atoms with Crippen LogP contribution in [0.4, 0.5) is 50.4 Å². The van der Waals surface area contributed by atoms with Crippen molar-refractivity contribution in [3.63, 3.8) is 0 Å². The van der Waals surface area contributed by atoms with Crippen LogP contribution in [0.5, 0.6) is 0 Å². The van der Waals surface area contributed by atoms with Gasteiger partial charge in [0.05, 0.1) is 0 Å². The molecule has 1 aromatic carbocycles. The minimum Gasteiger partial charge on any atom is 2.00 e. The van der Waals surface area contributed by atoms with Crippen molar-refractivity contribution < 1.29 is 67.4 Å². The molecule has 0 aromatic heterocycles. The molecule has 0 heterocycles. The molecule has 1 aliphatic carbocycles. The molecule has 0 radical (unpaired) electrons. The second-order valence-corrected chi connectivity index (χ2v) is 9.82. The molecule has 0 saturated heterocycles. The monoisotopic (exact) mass is 530 g/mol. The predicted molar refractivity (Wildman–Crippen MR) is 89.4 cm³/mol. The van der Waals surface area contributed by atoms with Gasteiger partial charge in [0.2, 0.25) is 0 Å². The third-order valence-corrected chi connectivity index (χ3v) is 2.70. The van der Waals surface area contributed by atoms with Gasteiger partial charge in [-0.15, -0.1) is 0 Å². The summed E-state index contributed by atoms with van der Waals surface area (Å²) in [7, 11) is -21.3. The van der Waals surface area contributed by atoms with E-state index in [1.807, 2.05) is 0 Å². The summed E-state index contributed by atoms with van der Waals surface area (Å²) < 4.78 is 118. The van der Waals surface area contributed by atoms with Crippen LogP contribution < -0.4 is 0 Å². The van der Waals surface area contributed by atoms with E-state index in [9.17, 15) is 50.4 Å². The van der Waals surface area contributed by atoms with Gasteiger partial charge in [-0.25, -0.2) is 0 Å². The van der Waals surface area contributed by atoms with Crippen LogP contribution in [0.1, 0.15) is 37.3 Å². The second-order valence-electron chi connectivity index (χ2n) is 5.98. The molecule has 2 rings (SSSR count). The maximum atomic E-state index is 9.87. The molecule has 0 unspecified atom stereocenters. The number of allylic oxidation sites excluding steroid dienone is 4. The van der Waals surface area contributed by atoms with E-state index in [0.717, 1.165) is 6.42 Å². The molecule has 15 heteroatoms. The molecule has 0 N–H and O–H groups in total. The normalized spacial score (nSPS) is 18.4. The molecule has 0 saturated carbocycles. The number of hydrogen-bond donors (Lipinski definition) is 0. The molecule has 0 spiro atoms. The Morgan fingerprint density at radius 1 is 0.724 bits per heavy atom. The summed E-state index contributed by atoms with van der Waals surface area (Å²) in [6.45, 7) is 4.50. The van der Waals surface area contributed by atoms with Crippen molar-refractivity contribution in [2.45, 2.75) is 26.2 Å². The summed E-state index contributed by atoms with van der Waals surface area (Å²) in [6, 6.07) is 8.72. The molecule has 174 valence electrons. The molecular formula is C14H16F12FeP2. The van der Waals surface area contributed by atoms with E-state index in [-0.39, 0.29) is 17.1 Å². The van der Waals surface area contributed by atoms with Crippen molar-refractivity contribution in [3.05, 3.63) is 53.6 Å². The number of rotatable bonds is 2. The van der Waals surface area contributed by atoms with Crippen LogP contribution in [-0.2, 0) is 17.1 Å². The molecule has 0 fully saturated rings. The van der Waals surface area contributed by atoms with E-state index in [0.29, 0.717) is 5.92 Å². The first-order valence-electron chi connectivity index (χ1n) is 7.27. The van der Waals surface area contributed by atoms with Crippen molar-refractivity contribution in [1.29, 1.82) is 0 Å². The molecule has 0 nitrogen and oxygen atoms in total. The quantitative estimate of drug-likeness (QED) is 0.203. The fourth-order valence-electron chi connectivity index (χ4n) is 1.94. The van der Waals surface area contributed by atoms with Crippen molar-refractivity contribution in [2.24, 2.45) is 0 Å². The number of halogens is 12. The van der Waals surface area contributed by atoms with Gasteiger partial charge in [0.1, 0.15) is 0 Å². The Balaban J connectivity index is 0. The van der Waals surface area contributed by atoms with Gasteiger partial charge in [-0.1, -0.05) is 56.3 Å². The van der Waals surface area contributed by atoms with Gasteiger partial charge in [0.15, 0.2) is 0 Å². The van der Waals surface area contributed by atoms with Crippen molar-refractivity contribution >= 4 is 21.2 Å². The zero-order valence-corrected chi connectivity index (χ0v) is 17.5. The Hall–Kier alpha value is -0.761. The Morgan fingerprint density at radius 2 is 1.10 bits per heavy atom. The topological polar surface area (TPSA) is 0 Å². The summed E-state index contributed by atoms with van der Waals surface area (Å²) >= 11 is 0. The molecule has 1 aromatic rings. The first kappa shape index (κ1) is 30.4. The molecule has 1 aliphatic rings. The predicted octanol–water partition coefficient (Wildman–Crippen LogP) is 10.9. The van der Waals surface area contributed by atoms with Crippen LogP contribution in [0.25, 0.3) is 5.57 Å². The van der Waals surface area contributed by atoms with E-state index in [4.69, 9.17) is 0 Å². The summed E-state index contributed by atoms with van der Waals surface area (Å²) in [5.74, 6) is 0.604. The minimum absolute atomic E-state index is 0. The summed E-state index contributed by atoms with van der Waals surface area (Å²) in [5.41, 5.74) is 4.34. The summed E-state index contributed by atoms with van der Waals surface area (Å²) in [6.07, 6.45) is 7.67. The van der Waals surface area contributed by atoms with Crippen LogP contribution in [-0.4, -0.2) is 0 Å². The first-order valence-corrected chi connectivity index (χ1v) is 11.3. The average Bonchev–Trinajstić information content (AvgIpc) is 2.84. The smallest absolute Gasteiger partial charge is 2.00 e. The van der Waals surface area contributed by atoms with Crippen LogP contribution in [0, 0.1) is 0 Å². The zero-order chi connectivity index (χ0) is 22.8. The standard InChI is InChI=1S/C14H16.2F6P.Fe/c1-11(2)13-9-5-6-10-14(13)12-7-3-4-8-12;2*1-7(2,3,4,5)6;/h3-7,9-11H,8H2,1-2H3;;;/q;2*-1;+2. The third-order valence-electron chi connectivity index (χ3n) is 2.70. The Bertz CT molecular complexity index is 706. The minimum atomic E-state index is -10.7. The largest absolute Gasteiger partial charge is 2.00 e. The van der Waals surface area contributed by atoms with Crippen molar-refractivity contribution in [1.82, 2.24) is 0 Å². The molecular weight excluding hydrogens is 514 g/mol. The van der Waals surface area contributed by atoms with Gasteiger partial charge in [0.25, 0.3) is 0 Å².